The summed E-state index contributed by atoms with van der Waals surface area (Å²) in [5.41, 5.74) is 1.83. The lowest BCUT2D eigenvalue weighted by molar-refractivity contribution is -0.113. The Hall–Kier alpha value is -2.51. The number of ether oxygens (including phenoxy) is 1. The summed E-state index contributed by atoms with van der Waals surface area (Å²) in [6.07, 6.45) is -0.267. The molecular weight excluding hydrogens is 396 g/mol. The summed E-state index contributed by atoms with van der Waals surface area (Å²) in [6, 6.07) is 14.8. The van der Waals surface area contributed by atoms with Crippen molar-refractivity contribution < 1.29 is 9.53 Å². The number of thioether (sulfide) groups is 1. The minimum Gasteiger partial charge on any atom is -0.483 e. The van der Waals surface area contributed by atoms with E-state index in [0.717, 1.165) is 11.3 Å². The maximum absolute atomic E-state index is 12.1. The van der Waals surface area contributed by atoms with E-state index in [4.69, 9.17) is 16.3 Å². The molecule has 0 aliphatic rings. The van der Waals surface area contributed by atoms with Crippen molar-refractivity contribution >= 4 is 35.0 Å². The number of carbonyl (C=O) groups is 1. The normalized spacial score (nSPS) is 11.9. The highest BCUT2D eigenvalue weighted by Crippen LogP contribution is 2.24. The minimum atomic E-state index is -0.267. The molecule has 3 rings (SSSR count). The van der Waals surface area contributed by atoms with E-state index in [-0.39, 0.29) is 17.8 Å². The van der Waals surface area contributed by atoms with E-state index in [1.54, 1.807) is 24.3 Å². The molecule has 8 heteroatoms. The third-order valence-electron chi connectivity index (χ3n) is 3.99. The molecule has 0 fully saturated rings. The number of aromatic nitrogens is 3. The Morgan fingerprint density at radius 2 is 2.00 bits per heavy atom. The molecule has 0 saturated heterocycles. The van der Waals surface area contributed by atoms with Crippen LogP contribution in [0.25, 0.3) is 0 Å². The summed E-state index contributed by atoms with van der Waals surface area (Å²) in [5, 5.41) is 12.5. The smallest absolute Gasteiger partial charge is 0.234 e. The number of halogens is 1. The van der Waals surface area contributed by atoms with Gasteiger partial charge in [0.1, 0.15) is 5.75 Å². The van der Waals surface area contributed by atoms with Crippen LogP contribution in [0.3, 0.4) is 0 Å². The summed E-state index contributed by atoms with van der Waals surface area (Å²) in [5.74, 6) is 1.58. The Morgan fingerprint density at radius 3 is 2.71 bits per heavy atom. The first kappa shape index (κ1) is 20.2. The largest absolute Gasteiger partial charge is 0.483 e. The molecule has 0 aliphatic heterocycles. The van der Waals surface area contributed by atoms with Gasteiger partial charge in [0, 0.05) is 17.8 Å². The number of nitrogens with zero attached hydrogens (tertiary/aromatic N) is 3. The van der Waals surface area contributed by atoms with Crippen LogP contribution in [0.15, 0.2) is 53.7 Å². The molecule has 1 heterocycles. The number of amides is 1. The van der Waals surface area contributed by atoms with Gasteiger partial charge >= 0.3 is 0 Å². The maximum atomic E-state index is 12.1. The van der Waals surface area contributed by atoms with Crippen LogP contribution in [0.4, 0.5) is 5.69 Å². The molecule has 3 aromatic rings. The van der Waals surface area contributed by atoms with E-state index < -0.39 is 0 Å². The van der Waals surface area contributed by atoms with Gasteiger partial charge in [-0.1, -0.05) is 35.5 Å². The quantitative estimate of drug-likeness (QED) is 0.568. The first-order chi connectivity index (χ1) is 13.4. The topological polar surface area (TPSA) is 69.0 Å². The van der Waals surface area contributed by atoms with Gasteiger partial charge in [0.25, 0.3) is 0 Å². The molecule has 0 saturated carbocycles. The Bertz CT molecular complexity index is 959. The number of nitrogens with one attached hydrogen (secondary N) is 1. The second-order valence-electron chi connectivity index (χ2n) is 6.32. The number of anilines is 1. The Morgan fingerprint density at radius 1 is 1.25 bits per heavy atom. The summed E-state index contributed by atoms with van der Waals surface area (Å²) in [4.78, 5) is 12.1. The van der Waals surface area contributed by atoms with E-state index in [0.29, 0.717) is 21.7 Å². The number of hydrogen-bond acceptors (Lipinski definition) is 5. The third kappa shape index (κ3) is 5.27. The fourth-order valence-corrected chi connectivity index (χ4v) is 3.46. The second kappa shape index (κ2) is 9.12. The standard InChI is InChI=1S/C20H21ClN4O2S/c1-13-5-4-6-17(11-13)27-14(2)19-23-24-20(25(19)3)28-12-18(26)22-16-9-7-15(21)8-10-16/h4-11,14H,12H2,1-3H3,(H,22,26). The van der Waals surface area contributed by atoms with Crippen molar-refractivity contribution in [3.63, 3.8) is 0 Å². The van der Waals surface area contributed by atoms with Gasteiger partial charge in [0.15, 0.2) is 17.1 Å². The maximum Gasteiger partial charge on any atom is 0.234 e. The highest BCUT2D eigenvalue weighted by atomic mass is 35.5. The zero-order valence-corrected chi connectivity index (χ0v) is 17.4. The van der Waals surface area contributed by atoms with Gasteiger partial charge in [0.05, 0.1) is 5.75 Å². The number of hydrogen-bond donors (Lipinski definition) is 1. The molecule has 28 heavy (non-hydrogen) atoms. The van der Waals surface area contributed by atoms with Crippen LogP contribution >= 0.6 is 23.4 Å². The number of aryl methyl sites for hydroxylation is 1. The van der Waals surface area contributed by atoms with Crippen LogP contribution in [-0.2, 0) is 11.8 Å². The molecule has 1 aromatic heterocycles. The highest BCUT2D eigenvalue weighted by molar-refractivity contribution is 7.99. The molecule has 0 radical (unpaired) electrons. The first-order valence-electron chi connectivity index (χ1n) is 8.73. The molecule has 0 aliphatic carbocycles. The number of benzene rings is 2. The average Bonchev–Trinajstić information content (AvgIpc) is 3.02. The molecule has 1 N–H and O–H groups in total. The Labute approximate surface area is 173 Å². The predicted molar refractivity (Wildman–Crippen MR) is 112 cm³/mol. The lowest BCUT2D eigenvalue weighted by atomic mass is 10.2. The fraction of sp³-hybridized carbons (Fsp3) is 0.250. The SMILES string of the molecule is Cc1cccc(OC(C)c2nnc(SCC(=O)Nc3ccc(Cl)cc3)n2C)c1. The van der Waals surface area contributed by atoms with Gasteiger partial charge < -0.3 is 14.6 Å². The van der Waals surface area contributed by atoms with E-state index in [1.807, 2.05) is 49.7 Å². The lowest BCUT2D eigenvalue weighted by Gasteiger charge is -2.14. The summed E-state index contributed by atoms with van der Waals surface area (Å²) in [6.45, 7) is 3.94. The van der Waals surface area contributed by atoms with Gasteiger partial charge in [-0.15, -0.1) is 10.2 Å². The molecule has 146 valence electrons. The van der Waals surface area contributed by atoms with Gasteiger partial charge in [-0.2, -0.15) is 0 Å². The fourth-order valence-electron chi connectivity index (χ4n) is 2.61. The summed E-state index contributed by atoms with van der Waals surface area (Å²) < 4.78 is 7.81. The molecule has 2 aromatic carbocycles. The average molecular weight is 417 g/mol. The molecule has 6 nitrogen and oxygen atoms in total. The minimum absolute atomic E-state index is 0.124. The second-order valence-corrected chi connectivity index (χ2v) is 7.70. The van der Waals surface area contributed by atoms with Crippen molar-refractivity contribution in [1.82, 2.24) is 14.8 Å². The van der Waals surface area contributed by atoms with Crippen LogP contribution in [-0.4, -0.2) is 26.4 Å². The van der Waals surface area contributed by atoms with Crippen molar-refractivity contribution in [2.24, 2.45) is 7.05 Å². The van der Waals surface area contributed by atoms with Gasteiger partial charge in [-0.05, 0) is 55.8 Å². The van der Waals surface area contributed by atoms with Crippen molar-refractivity contribution in [1.29, 1.82) is 0 Å². The Kier molecular flexibility index (Phi) is 6.59. The molecule has 0 spiro atoms. The zero-order chi connectivity index (χ0) is 20.1. The van der Waals surface area contributed by atoms with Crippen molar-refractivity contribution in [3.05, 3.63) is 64.9 Å². The van der Waals surface area contributed by atoms with Crippen LogP contribution < -0.4 is 10.1 Å². The van der Waals surface area contributed by atoms with Crippen LogP contribution in [0.5, 0.6) is 5.75 Å². The van der Waals surface area contributed by atoms with Gasteiger partial charge in [-0.25, -0.2) is 0 Å². The first-order valence-corrected chi connectivity index (χ1v) is 10.1. The Balaban J connectivity index is 1.57. The monoisotopic (exact) mass is 416 g/mol. The van der Waals surface area contributed by atoms with Crippen molar-refractivity contribution in [2.45, 2.75) is 25.1 Å². The van der Waals surface area contributed by atoms with Crippen LogP contribution in [0.2, 0.25) is 5.02 Å². The molecule has 1 atom stereocenters. The molecular formula is C20H21ClN4O2S. The summed E-state index contributed by atoms with van der Waals surface area (Å²) >= 11 is 7.17. The number of rotatable bonds is 7. The van der Waals surface area contributed by atoms with E-state index >= 15 is 0 Å². The van der Waals surface area contributed by atoms with E-state index in [2.05, 4.69) is 15.5 Å². The van der Waals surface area contributed by atoms with Crippen LogP contribution in [0, 0.1) is 6.92 Å². The molecule has 0 bridgehead atoms. The van der Waals surface area contributed by atoms with E-state index in [1.165, 1.54) is 11.8 Å². The highest BCUT2D eigenvalue weighted by Gasteiger charge is 2.18. The van der Waals surface area contributed by atoms with Crippen molar-refractivity contribution in [2.75, 3.05) is 11.1 Å². The van der Waals surface area contributed by atoms with Crippen molar-refractivity contribution in [3.8, 4) is 5.75 Å². The zero-order valence-electron chi connectivity index (χ0n) is 15.8. The lowest BCUT2D eigenvalue weighted by Crippen LogP contribution is -2.14. The predicted octanol–water partition coefficient (Wildman–Crippen LogP) is 4.65. The van der Waals surface area contributed by atoms with Gasteiger partial charge in [-0.3, -0.25) is 4.79 Å². The van der Waals surface area contributed by atoms with E-state index in [9.17, 15) is 4.79 Å². The van der Waals surface area contributed by atoms with Crippen LogP contribution in [0.1, 0.15) is 24.4 Å². The summed E-state index contributed by atoms with van der Waals surface area (Å²) in [7, 11) is 1.87. The van der Waals surface area contributed by atoms with Gasteiger partial charge in [0.2, 0.25) is 5.91 Å². The number of carbonyl (C=O) groups excluding carboxylic acids is 1. The third-order valence-corrected chi connectivity index (χ3v) is 5.27. The molecule has 1 amide bonds. The molecule has 1 unspecified atom stereocenters.